The van der Waals surface area contributed by atoms with Crippen LogP contribution in [0.1, 0.15) is 93.7 Å². The second-order valence-corrected chi connectivity index (χ2v) is 12.9. The van der Waals surface area contributed by atoms with Crippen LogP contribution in [0.15, 0.2) is 48.5 Å². The highest BCUT2D eigenvalue weighted by atomic mass is 16.7. The smallest absolute Gasteiger partial charge is 0.189 e. The van der Waals surface area contributed by atoms with Crippen molar-refractivity contribution >= 4 is 0 Å². The third-order valence-electron chi connectivity index (χ3n) is 9.77. The van der Waals surface area contributed by atoms with Crippen LogP contribution in [0.3, 0.4) is 0 Å². The van der Waals surface area contributed by atoms with Gasteiger partial charge in [0.15, 0.2) is 6.79 Å². The first-order chi connectivity index (χ1) is 19.2. The van der Waals surface area contributed by atoms with Crippen molar-refractivity contribution in [1.29, 1.82) is 0 Å². The van der Waals surface area contributed by atoms with Crippen LogP contribution in [0, 0.1) is 17.8 Å². The van der Waals surface area contributed by atoms with Gasteiger partial charge in [0, 0.05) is 0 Å². The van der Waals surface area contributed by atoms with E-state index in [1.807, 2.05) is 0 Å². The van der Waals surface area contributed by atoms with Crippen molar-refractivity contribution in [2.45, 2.75) is 108 Å². The first kappa shape index (κ1) is 27.3. The Balaban J connectivity index is 0.859. The first-order valence-corrected chi connectivity index (χ1v) is 15.9. The Bertz CT molecular complexity index is 978. The molecule has 2 atom stereocenters. The third-order valence-corrected chi connectivity index (χ3v) is 9.77. The molecule has 4 aliphatic rings. The highest BCUT2D eigenvalue weighted by molar-refractivity contribution is 5.32. The van der Waals surface area contributed by atoms with Crippen LogP contribution in [0.2, 0.25) is 0 Å². The second-order valence-electron chi connectivity index (χ2n) is 12.9. The van der Waals surface area contributed by atoms with E-state index in [2.05, 4.69) is 48.5 Å². The highest BCUT2D eigenvalue weighted by Gasteiger charge is 2.27. The van der Waals surface area contributed by atoms with Crippen LogP contribution in [-0.2, 0) is 27.1 Å². The third kappa shape index (κ3) is 9.06. The maximum Gasteiger partial charge on any atom is 0.189 e. The average molecular weight is 533 g/mol. The van der Waals surface area contributed by atoms with E-state index in [-0.39, 0.29) is 0 Å². The van der Waals surface area contributed by atoms with Gasteiger partial charge in [-0.05, 0) is 124 Å². The van der Waals surface area contributed by atoms with Crippen molar-refractivity contribution in [2.75, 3.05) is 20.0 Å². The largest absolute Gasteiger partial charge is 0.468 e. The molecule has 0 amide bonds. The number of ether oxygens (including phenoxy) is 4. The normalized spacial score (nSPS) is 30.2. The molecule has 2 aliphatic heterocycles. The van der Waals surface area contributed by atoms with Crippen molar-refractivity contribution in [2.24, 2.45) is 17.8 Å². The summed E-state index contributed by atoms with van der Waals surface area (Å²) in [6, 6.07) is 17.9. The van der Waals surface area contributed by atoms with Crippen molar-refractivity contribution in [3.8, 4) is 5.75 Å². The van der Waals surface area contributed by atoms with Gasteiger partial charge in [-0.3, -0.25) is 0 Å². The molecule has 0 spiro atoms. The van der Waals surface area contributed by atoms with E-state index < -0.39 is 0 Å². The molecule has 2 saturated heterocycles. The molecule has 0 aromatic heterocycles. The Kier molecular flexibility index (Phi) is 9.56. The molecule has 2 aliphatic carbocycles. The van der Waals surface area contributed by atoms with E-state index in [1.165, 1.54) is 87.3 Å². The minimum Gasteiger partial charge on any atom is -0.468 e. The molecule has 2 unspecified atom stereocenters. The van der Waals surface area contributed by atoms with Crippen LogP contribution in [0.5, 0.6) is 5.75 Å². The number of epoxide rings is 2. The maximum atomic E-state index is 6.04. The summed E-state index contributed by atoms with van der Waals surface area (Å²) in [7, 11) is 0. The zero-order valence-corrected chi connectivity index (χ0v) is 23.7. The Hall–Kier alpha value is -1.88. The van der Waals surface area contributed by atoms with E-state index in [9.17, 15) is 0 Å². The van der Waals surface area contributed by atoms with Crippen LogP contribution < -0.4 is 4.74 Å². The van der Waals surface area contributed by atoms with E-state index in [4.69, 9.17) is 18.9 Å². The lowest BCUT2D eigenvalue weighted by molar-refractivity contribution is -0.0554. The predicted molar refractivity (Wildman–Crippen MR) is 155 cm³/mol. The fraction of sp³-hybridized carbons (Fsp3) is 0.657. The molecular formula is C35H48O4. The summed E-state index contributed by atoms with van der Waals surface area (Å²) in [4.78, 5) is 0. The summed E-state index contributed by atoms with van der Waals surface area (Å²) in [6.07, 6.45) is 19.5. The Morgan fingerprint density at radius 2 is 1.05 bits per heavy atom. The molecule has 4 nitrogen and oxygen atoms in total. The molecule has 6 rings (SSSR count). The van der Waals surface area contributed by atoms with Crippen molar-refractivity contribution in [1.82, 2.24) is 0 Å². The van der Waals surface area contributed by atoms with Crippen LogP contribution in [-0.4, -0.2) is 38.3 Å². The van der Waals surface area contributed by atoms with Gasteiger partial charge >= 0.3 is 0 Å². The summed E-state index contributed by atoms with van der Waals surface area (Å²) in [6.45, 7) is 2.35. The average Bonchev–Trinajstić information content (AvgIpc) is 3.90. The van der Waals surface area contributed by atoms with Gasteiger partial charge in [0.1, 0.15) is 5.75 Å². The molecule has 212 valence electrons. The fourth-order valence-corrected chi connectivity index (χ4v) is 6.89. The van der Waals surface area contributed by atoms with Gasteiger partial charge in [-0.25, -0.2) is 0 Å². The predicted octanol–water partition coefficient (Wildman–Crippen LogP) is 7.90. The van der Waals surface area contributed by atoms with Crippen molar-refractivity contribution in [3.05, 3.63) is 65.2 Å². The van der Waals surface area contributed by atoms with E-state index in [1.54, 1.807) is 0 Å². The second kappa shape index (κ2) is 13.7. The van der Waals surface area contributed by atoms with E-state index >= 15 is 0 Å². The SMILES string of the molecule is c1cc(CC2CCC(CCC3CO3)CC2)ccc1Cc1ccc(OCOC2CCC(CCC3CO3)CC2)cc1. The fourth-order valence-electron chi connectivity index (χ4n) is 6.89. The molecule has 0 radical (unpaired) electrons. The number of rotatable bonds is 14. The van der Waals surface area contributed by atoms with Gasteiger partial charge in [0.2, 0.25) is 0 Å². The summed E-state index contributed by atoms with van der Waals surface area (Å²) in [5.74, 6) is 3.56. The zero-order chi connectivity index (χ0) is 26.3. The molecule has 0 N–H and O–H groups in total. The Morgan fingerprint density at radius 1 is 0.564 bits per heavy atom. The van der Waals surface area contributed by atoms with Crippen molar-refractivity contribution in [3.63, 3.8) is 0 Å². The standard InChI is InChI=1S/C35H48O4/c1-3-28(4-2-26(1)11-19-34-23-36-34)21-29-5-7-30(8-6-29)22-31-13-17-33(18-14-31)39-25-38-32-15-9-27(10-16-32)12-20-35-24-37-35/h5-8,13-14,17-18,26-28,32,34-35H,1-4,9-12,15-16,19-25H2. The number of hydrogen-bond donors (Lipinski definition) is 0. The molecular weight excluding hydrogens is 484 g/mol. The molecule has 4 heteroatoms. The molecule has 2 aromatic carbocycles. The van der Waals surface area contributed by atoms with Gasteiger partial charge in [-0.2, -0.15) is 0 Å². The van der Waals surface area contributed by atoms with Gasteiger partial charge in [0.25, 0.3) is 0 Å². The van der Waals surface area contributed by atoms with Gasteiger partial charge in [0.05, 0.1) is 31.5 Å². The highest BCUT2D eigenvalue weighted by Crippen LogP contribution is 2.35. The lowest BCUT2D eigenvalue weighted by Crippen LogP contribution is -2.23. The van der Waals surface area contributed by atoms with E-state index in [0.717, 1.165) is 56.0 Å². The molecule has 2 saturated carbocycles. The Morgan fingerprint density at radius 3 is 1.62 bits per heavy atom. The molecule has 2 heterocycles. The van der Waals surface area contributed by atoms with Crippen molar-refractivity contribution < 1.29 is 18.9 Å². The van der Waals surface area contributed by atoms with Crippen LogP contribution in [0.4, 0.5) is 0 Å². The lowest BCUT2D eigenvalue weighted by Gasteiger charge is -2.28. The molecule has 39 heavy (non-hydrogen) atoms. The molecule has 4 fully saturated rings. The molecule has 0 bridgehead atoms. The minimum atomic E-state index is 0.350. The summed E-state index contributed by atoms with van der Waals surface area (Å²) < 4.78 is 22.7. The summed E-state index contributed by atoms with van der Waals surface area (Å²) in [5.41, 5.74) is 4.20. The van der Waals surface area contributed by atoms with Gasteiger partial charge in [-0.15, -0.1) is 0 Å². The van der Waals surface area contributed by atoms with E-state index in [0.29, 0.717) is 25.1 Å². The zero-order valence-electron chi connectivity index (χ0n) is 23.7. The quantitative estimate of drug-likeness (QED) is 0.183. The number of hydrogen-bond acceptors (Lipinski definition) is 4. The van der Waals surface area contributed by atoms with Gasteiger partial charge in [-0.1, -0.05) is 49.2 Å². The lowest BCUT2D eigenvalue weighted by atomic mass is 9.77. The topological polar surface area (TPSA) is 43.5 Å². The summed E-state index contributed by atoms with van der Waals surface area (Å²) >= 11 is 0. The van der Waals surface area contributed by atoms with Crippen LogP contribution in [0.25, 0.3) is 0 Å². The summed E-state index contributed by atoms with van der Waals surface area (Å²) in [5, 5.41) is 0. The van der Waals surface area contributed by atoms with Crippen LogP contribution >= 0.6 is 0 Å². The molecule has 2 aromatic rings. The Labute approximate surface area is 235 Å². The number of benzene rings is 2. The maximum absolute atomic E-state index is 6.04. The monoisotopic (exact) mass is 532 g/mol. The minimum absolute atomic E-state index is 0.350. The first-order valence-electron chi connectivity index (χ1n) is 15.9. The van der Waals surface area contributed by atoms with Gasteiger partial charge < -0.3 is 18.9 Å².